The van der Waals surface area contributed by atoms with E-state index in [0.717, 1.165) is 11.1 Å². The van der Waals surface area contributed by atoms with Crippen molar-refractivity contribution in [2.75, 3.05) is 7.05 Å². The number of rotatable bonds is 4. The largest absolute Gasteiger partial charge is 0.391 e. The number of amides is 1. The second-order valence-electron chi connectivity index (χ2n) is 7.82. The zero-order chi connectivity index (χ0) is 21.5. The Labute approximate surface area is 171 Å². The minimum atomic E-state index is -2.91. The number of carbonyl (C=O) groups is 1. The van der Waals surface area contributed by atoms with Gasteiger partial charge in [0.15, 0.2) is 0 Å². The molecule has 30 heavy (non-hydrogen) atoms. The number of hydrogen-bond acceptors (Lipinski definition) is 3. The molecule has 0 radical (unpaired) electrons. The first-order valence-corrected chi connectivity index (χ1v) is 9.76. The summed E-state index contributed by atoms with van der Waals surface area (Å²) in [5.74, 6) is -3.62. The Morgan fingerprint density at radius 1 is 1.30 bits per heavy atom. The molecule has 1 N–H and O–H groups in total. The van der Waals surface area contributed by atoms with Gasteiger partial charge in [0, 0.05) is 38.8 Å². The summed E-state index contributed by atoms with van der Waals surface area (Å²) in [5.41, 5.74) is 2.41. The quantitative estimate of drug-likeness (QED) is 0.702. The van der Waals surface area contributed by atoms with Gasteiger partial charge in [-0.1, -0.05) is 12.1 Å². The summed E-state index contributed by atoms with van der Waals surface area (Å²) in [6, 6.07) is 9.00. The minimum Gasteiger partial charge on any atom is -0.391 e. The van der Waals surface area contributed by atoms with E-state index < -0.39 is 24.5 Å². The van der Waals surface area contributed by atoms with Crippen LogP contribution in [-0.2, 0) is 6.54 Å². The van der Waals surface area contributed by atoms with Gasteiger partial charge in [0.1, 0.15) is 11.3 Å². The Morgan fingerprint density at radius 2 is 2.03 bits per heavy atom. The van der Waals surface area contributed by atoms with Crippen molar-refractivity contribution >= 4 is 16.9 Å². The number of pyridine rings is 1. The van der Waals surface area contributed by atoms with Gasteiger partial charge in [0.2, 0.25) is 0 Å². The van der Waals surface area contributed by atoms with Crippen LogP contribution in [0.2, 0.25) is 0 Å². The monoisotopic (exact) mass is 417 g/mol. The van der Waals surface area contributed by atoms with Crippen molar-refractivity contribution in [2.24, 2.45) is 0 Å². The average molecular weight is 417 g/mol. The number of benzene rings is 1. The van der Waals surface area contributed by atoms with Crippen LogP contribution in [0.3, 0.4) is 0 Å². The second kappa shape index (κ2) is 7.75. The molecule has 4 rings (SSSR count). The average Bonchev–Trinajstić information content (AvgIpc) is 3.07. The van der Waals surface area contributed by atoms with E-state index in [2.05, 4.69) is 4.98 Å². The molecule has 1 fully saturated rings. The molecule has 0 bridgehead atoms. The van der Waals surface area contributed by atoms with E-state index in [1.807, 2.05) is 10.6 Å². The van der Waals surface area contributed by atoms with Crippen molar-refractivity contribution in [3.8, 4) is 0 Å². The van der Waals surface area contributed by atoms with Crippen LogP contribution in [0.4, 0.5) is 13.2 Å². The molecule has 0 spiro atoms. The standard InChI is InChI=1S/C22H22F3N3O2/c1-27(17-8-9-22(24,25)11-19(17)29)21(30)16-13-28(18-3-2-10-26-20(16)18)12-14-4-6-15(23)7-5-14/h2-7,10,13,17,19,29H,8-9,11-12H2,1H3/t17?,19-/m1/s1. The Kier molecular flexibility index (Phi) is 5.27. The summed E-state index contributed by atoms with van der Waals surface area (Å²) >= 11 is 0. The van der Waals surface area contributed by atoms with Crippen LogP contribution in [0.15, 0.2) is 48.8 Å². The number of aliphatic hydroxyl groups is 1. The van der Waals surface area contributed by atoms with E-state index in [1.54, 1.807) is 30.6 Å². The van der Waals surface area contributed by atoms with Crippen molar-refractivity contribution in [2.45, 2.75) is 43.9 Å². The highest BCUT2D eigenvalue weighted by atomic mass is 19.3. The fourth-order valence-electron chi connectivity index (χ4n) is 4.08. The highest BCUT2D eigenvalue weighted by Gasteiger charge is 2.43. The van der Waals surface area contributed by atoms with E-state index in [0.29, 0.717) is 17.6 Å². The number of aliphatic hydroxyl groups excluding tert-OH is 1. The first kappa shape index (κ1) is 20.4. The van der Waals surface area contributed by atoms with Gasteiger partial charge >= 0.3 is 0 Å². The SMILES string of the molecule is CN(C(=O)c1cn(Cc2ccc(F)cc2)c2cccnc12)C1CCC(F)(F)C[C@H]1O. The van der Waals surface area contributed by atoms with Gasteiger partial charge in [-0.2, -0.15) is 0 Å². The lowest BCUT2D eigenvalue weighted by molar-refractivity contribution is -0.0998. The van der Waals surface area contributed by atoms with Crippen LogP contribution in [0.1, 0.15) is 35.2 Å². The zero-order valence-corrected chi connectivity index (χ0v) is 16.4. The molecule has 3 aromatic rings. The summed E-state index contributed by atoms with van der Waals surface area (Å²) < 4.78 is 42.2. The summed E-state index contributed by atoms with van der Waals surface area (Å²) in [4.78, 5) is 18.9. The van der Waals surface area contributed by atoms with Crippen molar-refractivity contribution in [3.05, 3.63) is 65.7 Å². The molecule has 158 valence electrons. The van der Waals surface area contributed by atoms with Gasteiger partial charge in [0.05, 0.1) is 23.2 Å². The van der Waals surface area contributed by atoms with Gasteiger partial charge in [-0.25, -0.2) is 13.2 Å². The van der Waals surface area contributed by atoms with Gasteiger partial charge in [-0.3, -0.25) is 9.78 Å². The summed E-state index contributed by atoms with van der Waals surface area (Å²) in [5, 5.41) is 10.2. The number of hydrogen-bond donors (Lipinski definition) is 1. The van der Waals surface area contributed by atoms with E-state index in [9.17, 15) is 23.1 Å². The Bertz CT molecular complexity index is 1070. The molecule has 1 unspecified atom stereocenters. The molecular formula is C22H22F3N3O2. The number of carbonyl (C=O) groups excluding carboxylic acids is 1. The Hall–Kier alpha value is -2.87. The maximum Gasteiger partial charge on any atom is 0.257 e. The molecule has 5 nitrogen and oxygen atoms in total. The first-order valence-electron chi connectivity index (χ1n) is 9.76. The van der Waals surface area contributed by atoms with E-state index >= 15 is 0 Å². The van der Waals surface area contributed by atoms with Crippen LogP contribution >= 0.6 is 0 Å². The fraction of sp³-hybridized carbons (Fsp3) is 0.364. The summed E-state index contributed by atoms with van der Waals surface area (Å²) in [6.07, 6.45) is 0.971. The molecule has 1 aromatic carbocycles. The maximum atomic E-state index is 13.6. The lowest BCUT2D eigenvalue weighted by Gasteiger charge is -2.38. The van der Waals surface area contributed by atoms with Crippen LogP contribution in [0.5, 0.6) is 0 Å². The molecular weight excluding hydrogens is 395 g/mol. The number of nitrogens with zero attached hydrogens (tertiary/aromatic N) is 3. The van der Waals surface area contributed by atoms with Crippen molar-refractivity contribution in [1.82, 2.24) is 14.5 Å². The predicted molar refractivity (Wildman–Crippen MR) is 106 cm³/mol. The van der Waals surface area contributed by atoms with Crippen molar-refractivity contribution in [1.29, 1.82) is 0 Å². The normalized spacial score (nSPS) is 21.0. The molecule has 8 heteroatoms. The third-order valence-electron chi connectivity index (χ3n) is 5.71. The smallest absolute Gasteiger partial charge is 0.257 e. The minimum absolute atomic E-state index is 0.0258. The molecule has 1 saturated carbocycles. The third-order valence-corrected chi connectivity index (χ3v) is 5.71. The van der Waals surface area contributed by atoms with Crippen molar-refractivity contribution < 1.29 is 23.1 Å². The number of halogens is 3. The van der Waals surface area contributed by atoms with Crippen LogP contribution < -0.4 is 0 Å². The molecule has 0 aliphatic heterocycles. The van der Waals surface area contributed by atoms with E-state index in [4.69, 9.17) is 0 Å². The zero-order valence-electron chi connectivity index (χ0n) is 16.4. The van der Waals surface area contributed by atoms with Gasteiger partial charge < -0.3 is 14.6 Å². The molecule has 1 aliphatic rings. The van der Waals surface area contributed by atoms with Gasteiger partial charge in [-0.05, 0) is 36.2 Å². The highest BCUT2D eigenvalue weighted by molar-refractivity contribution is 6.05. The molecule has 2 heterocycles. The topological polar surface area (TPSA) is 58.4 Å². The van der Waals surface area contributed by atoms with Crippen LogP contribution in [0.25, 0.3) is 11.0 Å². The fourth-order valence-corrected chi connectivity index (χ4v) is 4.08. The first-order chi connectivity index (χ1) is 14.2. The molecule has 2 aromatic heterocycles. The predicted octanol–water partition coefficient (Wildman–Crippen LogP) is 3.84. The summed E-state index contributed by atoms with van der Waals surface area (Å²) in [7, 11) is 1.52. The number of fused-ring (bicyclic) bond motifs is 1. The maximum absolute atomic E-state index is 13.6. The number of likely N-dealkylation sites (N-methyl/N-ethyl adjacent to an activating group) is 1. The van der Waals surface area contributed by atoms with Gasteiger partial charge in [0.25, 0.3) is 11.8 Å². The molecule has 0 saturated heterocycles. The summed E-state index contributed by atoms with van der Waals surface area (Å²) in [6.45, 7) is 0.414. The highest BCUT2D eigenvalue weighted by Crippen LogP contribution is 2.35. The molecule has 1 amide bonds. The van der Waals surface area contributed by atoms with E-state index in [-0.39, 0.29) is 24.6 Å². The van der Waals surface area contributed by atoms with E-state index in [1.165, 1.54) is 24.1 Å². The van der Waals surface area contributed by atoms with Crippen molar-refractivity contribution in [3.63, 3.8) is 0 Å². The van der Waals surface area contributed by atoms with Gasteiger partial charge in [-0.15, -0.1) is 0 Å². The van der Waals surface area contributed by atoms with Crippen LogP contribution in [-0.4, -0.2) is 50.6 Å². The number of aromatic nitrogens is 2. The second-order valence-corrected chi connectivity index (χ2v) is 7.82. The lowest BCUT2D eigenvalue weighted by Crippen LogP contribution is -2.50. The third kappa shape index (κ3) is 3.92. The number of alkyl halides is 2. The lowest BCUT2D eigenvalue weighted by atomic mass is 9.88. The van der Waals surface area contributed by atoms with Crippen LogP contribution in [0, 0.1) is 5.82 Å². The molecule has 1 aliphatic carbocycles. The molecule has 2 atom stereocenters. The Morgan fingerprint density at radius 3 is 2.73 bits per heavy atom. The Balaban J connectivity index is 1.63.